The zero-order valence-corrected chi connectivity index (χ0v) is 22.1. The molecule has 2 unspecified atom stereocenters. The van der Waals surface area contributed by atoms with Gasteiger partial charge >= 0.3 is 0 Å². The Morgan fingerprint density at radius 2 is 1.92 bits per heavy atom. The van der Waals surface area contributed by atoms with Gasteiger partial charge in [0.1, 0.15) is 5.82 Å². The Morgan fingerprint density at radius 3 is 2.66 bits per heavy atom. The Morgan fingerprint density at radius 1 is 1.11 bits per heavy atom. The standard InChI is InChI=1S/C29H29FN6OS/c1-19-16-22(20(2)36(19)18-21-8-7-13-31-17-21)28-27(25-11-5-6-14-32-25)34-29(38)35(28)15-12-26(37)33-24-10-4-3-9-23(24)30/h3-11,13-14,16-17,27-28H,12,15,18H2,1-2H3,(H,33,37)(H,34,38). The summed E-state index contributed by atoms with van der Waals surface area (Å²) in [6.07, 6.45) is 5.57. The van der Waals surface area contributed by atoms with Gasteiger partial charge in [0.05, 0.1) is 23.5 Å². The van der Waals surface area contributed by atoms with Crippen molar-refractivity contribution in [3.63, 3.8) is 0 Å². The molecule has 2 atom stereocenters. The highest BCUT2D eigenvalue weighted by atomic mass is 32.1. The van der Waals surface area contributed by atoms with Crippen LogP contribution >= 0.6 is 12.2 Å². The lowest BCUT2D eigenvalue weighted by Gasteiger charge is -2.28. The lowest BCUT2D eigenvalue weighted by molar-refractivity contribution is -0.116. The summed E-state index contributed by atoms with van der Waals surface area (Å²) in [5, 5.41) is 6.67. The molecule has 1 aliphatic rings. The van der Waals surface area contributed by atoms with E-state index in [1.54, 1.807) is 30.6 Å². The molecule has 1 fully saturated rings. The maximum absolute atomic E-state index is 14.0. The molecule has 2 N–H and O–H groups in total. The number of aryl methyl sites for hydroxylation is 1. The number of carbonyl (C=O) groups is 1. The summed E-state index contributed by atoms with van der Waals surface area (Å²) < 4.78 is 16.3. The minimum atomic E-state index is -0.464. The second-order valence-electron chi connectivity index (χ2n) is 9.37. The maximum atomic E-state index is 14.0. The van der Waals surface area contributed by atoms with Crippen LogP contribution in [0, 0.1) is 19.7 Å². The van der Waals surface area contributed by atoms with E-state index < -0.39 is 5.82 Å². The Labute approximate surface area is 226 Å². The molecule has 0 bridgehead atoms. The summed E-state index contributed by atoms with van der Waals surface area (Å²) >= 11 is 5.77. The summed E-state index contributed by atoms with van der Waals surface area (Å²) in [5.41, 5.74) is 5.50. The number of para-hydroxylation sites is 1. The predicted octanol–water partition coefficient (Wildman–Crippen LogP) is 5.08. The number of amides is 1. The molecule has 194 valence electrons. The summed E-state index contributed by atoms with van der Waals surface area (Å²) in [5.74, 6) is -0.742. The number of thiocarbonyl (C=S) groups is 1. The molecule has 4 heterocycles. The highest BCUT2D eigenvalue weighted by Gasteiger charge is 2.41. The Balaban J connectivity index is 1.43. The Hall–Kier alpha value is -4.11. The van der Waals surface area contributed by atoms with E-state index in [4.69, 9.17) is 12.2 Å². The van der Waals surface area contributed by atoms with E-state index in [1.165, 1.54) is 6.07 Å². The number of nitrogens with one attached hydrogen (secondary N) is 2. The van der Waals surface area contributed by atoms with Gasteiger partial charge in [-0.15, -0.1) is 0 Å². The van der Waals surface area contributed by atoms with Gasteiger partial charge < -0.3 is 20.1 Å². The molecule has 1 aromatic carbocycles. The number of halogens is 1. The van der Waals surface area contributed by atoms with Crippen molar-refractivity contribution < 1.29 is 9.18 Å². The van der Waals surface area contributed by atoms with Crippen molar-refractivity contribution in [2.75, 3.05) is 11.9 Å². The van der Waals surface area contributed by atoms with Crippen LogP contribution in [0.4, 0.5) is 10.1 Å². The van der Waals surface area contributed by atoms with E-state index in [2.05, 4.69) is 51.1 Å². The van der Waals surface area contributed by atoms with E-state index >= 15 is 0 Å². The number of anilines is 1. The van der Waals surface area contributed by atoms with E-state index in [0.29, 0.717) is 18.2 Å². The van der Waals surface area contributed by atoms with Gasteiger partial charge in [0.15, 0.2) is 5.11 Å². The van der Waals surface area contributed by atoms with E-state index in [1.807, 2.05) is 35.4 Å². The van der Waals surface area contributed by atoms with Crippen LogP contribution in [0.5, 0.6) is 0 Å². The van der Waals surface area contributed by atoms with Crippen molar-refractivity contribution in [2.45, 2.75) is 38.9 Å². The molecule has 0 spiro atoms. The highest BCUT2D eigenvalue weighted by Crippen LogP contribution is 2.41. The summed E-state index contributed by atoms with van der Waals surface area (Å²) in [6, 6.07) is 17.8. The molecular formula is C29H29FN6OS. The lowest BCUT2D eigenvalue weighted by atomic mass is 9.96. The third-order valence-corrected chi connectivity index (χ3v) is 7.27. The monoisotopic (exact) mass is 528 g/mol. The summed E-state index contributed by atoms with van der Waals surface area (Å²) in [6.45, 7) is 5.27. The molecule has 4 aromatic rings. The molecule has 1 aliphatic heterocycles. The van der Waals surface area contributed by atoms with Crippen LogP contribution in [0.2, 0.25) is 0 Å². The van der Waals surface area contributed by atoms with Crippen LogP contribution in [-0.4, -0.2) is 37.0 Å². The SMILES string of the molecule is Cc1cc(C2C(c3ccccn3)NC(=S)N2CCC(=O)Nc2ccccc2F)c(C)n1Cc1cccnc1. The van der Waals surface area contributed by atoms with Crippen molar-refractivity contribution in [3.8, 4) is 0 Å². The van der Waals surface area contributed by atoms with Crippen LogP contribution in [-0.2, 0) is 11.3 Å². The van der Waals surface area contributed by atoms with Crippen molar-refractivity contribution in [1.82, 2.24) is 24.8 Å². The minimum absolute atomic E-state index is 0.149. The Bertz CT molecular complexity index is 1440. The molecule has 7 nitrogen and oxygen atoms in total. The van der Waals surface area contributed by atoms with Gasteiger partial charge in [-0.25, -0.2) is 4.39 Å². The van der Waals surface area contributed by atoms with Crippen molar-refractivity contribution in [1.29, 1.82) is 0 Å². The van der Waals surface area contributed by atoms with Crippen LogP contribution in [0.1, 0.15) is 46.7 Å². The van der Waals surface area contributed by atoms with Crippen LogP contribution < -0.4 is 10.6 Å². The molecule has 0 aliphatic carbocycles. The molecule has 3 aromatic heterocycles. The predicted molar refractivity (Wildman–Crippen MR) is 149 cm³/mol. The fraction of sp³-hybridized carbons (Fsp3) is 0.241. The van der Waals surface area contributed by atoms with Gasteiger partial charge in [-0.1, -0.05) is 24.3 Å². The maximum Gasteiger partial charge on any atom is 0.226 e. The van der Waals surface area contributed by atoms with Crippen molar-refractivity contribution in [3.05, 3.63) is 113 Å². The number of hydrogen-bond acceptors (Lipinski definition) is 4. The number of nitrogens with zero attached hydrogens (tertiary/aromatic N) is 4. The first-order chi connectivity index (χ1) is 18.4. The molecular weight excluding hydrogens is 499 g/mol. The van der Waals surface area contributed by atoms with Crippen molar-refractivity contribution >= 4 is 28.9 Å². The van der Waals surface area contributed by atoms with Gasteiger partial charge in [0.25, 0.3) is 0 Å². The number of hydrogen-bond donors (Lipinski definition) is 2. The topological polar surface area (TPSA) is 75.1 Å². The zero-order chi connectivity index (χ0) is 26.6. The van der Waals surface area contributed by atoms with Gasteiger partial charge in [0, 0.05) is 49.5 Å². The first-order valence-corrected chi connectivity index (χ1v) is 12.9. The summed E-state index contributed by atoms with van der Waals surface area (Å²) in [4.78, 5) is 23.7. The molecule has 5 rings (SSSR count). The first-order valence-electron chi connectivity index (χ1n) is 12.5. The number of pyridine rings is 2. The molecule has 1 saturated heterocycles. The zero-order valence-electron chi connectivity index (χ0n) is 21.3. The second kappa shape index (κ2) is 11.1. The van der Waals surface area contributed by atoms with Gasteiger partial charge in [0.2, 0.25) is 5.91 Å². The molecule has 0 radical (unpaired) electrons. The molecule has 1 amide bonds. The fourth-order valence-corrected chi connectivity index (χ4v) is 5.36. The van der Waals surface area contributed by atoms with Crippen molar-refractivity contribution in [2.24, 2.45) is 0 Å². The summed E-state index contributed by atoms with van der Waals surface area (Å²) in [7, 11) is 0. The minimum Gasteiger partial charge on any atom is -0.352 e. The van der Waals surface area contributed by atoms with Gasteiger partial charge in [-0.3, -0.25) is 14.8 Å². The number of benzene rings is 1. The molecule has 0 saturated carbocycles. The first kappa shape index (κ1) is 25.5. The van der Waals surface area contributed by atoms with Gasteiger partial charge in [-0.2, -0.15) is 0 Å². The molecule has 38 heavy (non-hydrogen) atoms. The second-order valence-corrected chi connectivity index (χ2v) is 9.76. The van der Waals surface area contributed by atoms with E-state index in [-0.39, 0.29) is 30.1 Å². The smallest absolute Gasteiger partial charge is 0.226 e. The van der Waals surface area contributed by atoms with E-state index in [9.17, 15) is 9.18 Å². The van der Waals surface area contributed by atoms with E-state index in [0.717, 1.165) is 28.2 Å². The average molecular weight is 529 g/mol. The van der Waals surface area contributed by atoms with Crippen LogP contribution in [0.25, 0.3) is 0 Å². The number of aromatic nitrogens is 3. The molecule has 9 heteroatoms. The quantitative estimate of drug-likeness (QED) is 0.311. The third kappa shape index (κ3) is 5.28. The van der Waals surface area contributed by atoms with Gasteiger partial charge in [-0.05, 0) is 73.6 Å². The Kier molecular flexibility index (Phi) is 7.46. The normalized spacial score (nSPS) is 16.9. The fourth-order valence-electron chi connectivity index (χ4n) is 5.03. The largest absolute Gasteiger partial charge is 0.352 e. The van der Waals surface area contributed by atoms with Crippen LogP contribution in [0.3, 0.4) is 0 Å². The highest BCUT2D eigenvalue weighted by molar-refractivity contribution is 7.80. The number of carbonyl (C=O) groups excluding carboxylic acids is 1. The van der Waals surface area contributed by atoms with Crippen LogP contribution in [0.15, 0.2) is 79.3 Å². The average Bonchev–Trinajstić information content (AvgIpc) is 3.40. The number of rotatable bonds is 8. The lowest BCUT2D eigenvalue weighted by Crippen LogP contribution is -2.33. The third-order valence-electron chi connectivity index (χ3n) is 6.92.